The van der Waals surface area contributed by atoms with E-state index >= 15 is 0 Å². The van der Waals surface area contributed by atoms with E-state index in [1.54, 1.807) is 0 Å². The summed E-state index contributed by atoms with van der Waals surface area (Å²) < 4.78 is 0. The van der Waals surface area contributed by atoms with Crippen LogP contribution in [0.25, 0.3) is 0 Å². The lowest BCUT2D eigenvalue weighted by atomic mass is 9.86. The molecule has 1 fully saturated rings. The third-order valence-electron chi connectivity index (χ3n) is 4.47. The number of hydrogen-bond donors (Lipinski definition) is 0. The van der Waals surface area contributed by atoms with E-state index in [1.807, 2.05) is 12.1 Å². The number of likely N-dealkylation sites (tertiary alicyclic amines) is 1. The Labute approximate surface area is 116 Å². The molecule has 0 saturated carbocycles. The number of benzene rings is 1. The Morgan fingerprint density at radius 2 is 1.68 bits per heavy atom. The molecule has 0 amide bonds. The normalized spacial score (nSPS) is 19.4. The van der Waals surface area contributed by atoms with E-state index in [0.717, 1.165) is 25.1 Å². The standard InChI is InChI=1S/C17H25NO/c1-5-17(4,18-8-6-7-9-18)16(19)15-11-13(2)10-14(3)12-15/h10-12H,5-9H2,1-4H3. The highest BCUT2D eigenvalue weighted by molar-refractivity contribution is 6.03. The summed E-state index contributed by atoms with van der Waals surface area (Å²) in [5.74, 6) is 0.281. The summed E-state index contributed by atoms with van der Waals surface area (Å²) in [6.07, 6.45) is 3.31. The van der Waals surface area contributed by atoms with Gasteiger partial charge in [-0.25, -0.2) is 0 Å². The van der Waals surface area contributed by atoms with Gasteiger partial charge in [-0.2, -0.15) is 0 Å². The molecule has 0 bridgehead atoms. The number of rotatable bonds is 4. The summed E-state index contributed by atoms with van der Waals surface area (Å²) in [7, 11) is 0. The van der Waals surface area contributed by atoms with E-state index < -0.39 is 0 Å². The lowest BCUT2D eigenvalue weighted by Crippen LogP contribution is -2.50. The average molecular weight is 259 g/mol. The van der Waals surface area contributed by atoms with Crippen LogP contribution in [0.4, 0.5) is 0 Å². The first-order valence-corrected chi connectivity index (χ1v) is 7.35. The van der Waals surface area contributed by atoms with Crippen molar-refractivity contribution < 1.29 is 4.79 Å². The Kier molecular flexibility index (Phi) is 4.10. The summed E-state index contributed by atoms with van der Waals surface area (Å²) in [6, 6.07) is 6.18. The molecule has 1 heterocycles. The molecule has 0 spiro atoms. The Hall–Kier alpha value is -1.15. The molecule has 0 radical (unpaired) electrons. The van der Waals surface area contributed by atoms with Crippen LogP contribution >= 0.6 is 0 Å². The van der Waals surface area contributed by atoms with Gasteiger partial charge in [0, 0.05) is 5.56 Å². The van der Waals surface area contributed by atoms with E-state index in [4.69, 9.17) is 0 Å². The Morgan fingerprint density at radius 3 is 2.16 bits per heavy atom. The summed E-state index contributed by atoms with van der Waals surface area (Å²) in [5.41, 5.74) is 2.87. The van der Waals surface area contributed by atoms with Crippen molar-refractivity contribution in [2.24, 2.45) is 0 Å². The maximum absolute atomic E-state index is 12.9. The lowest BCUT2D eigenvalue weighted by Gasteiger charge is -2.36. The quantitative estimate of drug-likeness (QED) is 0.768. The van der Waals surface area contributed by atoms with Gasteiger partial charge in [-0.15, -0.1) is 0 Å². The van der Waals surface area contributed by atoms with Crippen molar-refractivity contribution in [2.75, 3.05) is 13.1 Å². The molecule has 0 aromatic heterocycles. The van der Waals surface area contributed by atoms with Gasteiger partial charge in [0.2, 0.25) is 0 Å². The molecule has 2 rings (SSSR count). The van der Waals surface area contributed by atoms with Crippen molar-refractivity contribution in [3.63, 3.8) is 0 Å². The van der Waals surface area contributed by atoms with E-state index in [-0.39, 0.29) is 11.3 Å². The first-order chi connectivity index (χ1) is 8.97. The van der Waals surface area contributed by atoms with Gasteiger partial charge in [0.15, 0.2) is 5.78 Å². The number of ketones is 1. The summed E-state index contributed by atoms with van der Waals surface area (Å²) in [5, 5.41) is 0. The van der Waals surface area contributed by atoms with Crippen LogP contribution in [0.2, 0.25) is 0 Å². The van der Waals surface area contributed by atoms with Crippen molar-refractivity contribution in [2.45, 2.75) is 52.5 Å². The molecule has 19 heavy (non-hydrogen) atoms. The van der Waals surface area contributed by atoms with Gasteiger partial charge >= 0.3 is 0 Å². The van der Waals surface area contributed by atoms with Crippen molar-refractivity contribution in [3.8, 4) is 0 Å². The lowest BCUT2D eigenvalue weighted by molar-refractivity contribution is 0.0647. The minimum atomic E-state index is -0.337. The number of carbonyl (C=O) groups excluding carboxylic acids is 1. The summed E-state index contributed by atoms with van der Waals surface area (Å²) in [6.45, 7) is 10.5. The van der Waals surface area contributed by atoms with Gasteiger partial charge in [-0.1, -0.05) is 24.1 Å². The minimum absolute atomic E-state index is 0.281. The molecule has 1 saturated heterocycles. The fourth-order valence-electron chi connectivity index (χ4n) is 3.16. The summed E-state index contributed by atoms with van der Waals surface area (Å²) in [4.78, 5) is 15.3. The van der Waals surface area contributed by atoms with E-state index in [2.05, 4.69) is 38.7 Å². The van der Waals surface area contributed by atoms with Crippen LogP contribution in [0.15, 0.2) is 18.2 Å². The number of Topliss-reactive ketones (excluding diaryl/α,β-unsaturated/α-hetero) is 1. The Morgan fingerprint density at radius 1 is 1.16 bits per heavy atom. The number of carbonyl (C=O) groups is 1. The van der Waals surface area contributed by atoms with E-state index in [9.17, 15) is 4.79 Å². The van der Waals surface area contributed by atoms with Gasteiger partial charge in [-0.3, -0.25) is 9.69 Å². The summed E-state index contributed by atoms with van der Waals surface area (Å²) >= 11 is 0. The van der Waals surface area contributed by atoms with Gasteiger partial charge in [0.25, 0.3) is 0 Å². The number of aryl methyl sites for hydroxylation is 2. The molecule has 1 atom stereocenters. The molecule has 1 aliphatic heterocycles. The van der Waals surface area contributed by atoms with Crippen molar-refractivity contribution in [3.05, 3.63) is 34.9 Å². The molecule has 1 aromatic carbocycles. The van der Waals surface area contributed by atoms with Crippen LogP contribution in [0, 0.1) is 13.8 Å². The predicted molar refractivity (Wildman–Crippen MR) is 79.7 cm³/mol. The van der Waals surface area contributed by atoms with Gasteiger partial charge in [-0.05, 0) is 65.3 Å². The van der Waals surface area contributed by atoms with Crippen molar-refractivity contribution >= 4 is 5.78 Å². The topological polar surface area (TPSA) is 20.3 Å². The second-order valence-electron chi connectivity index (χ2n) is 6.03. The average Bonchev–Trinajstić information content (AvgIpc) is 2.90. The molecular formula is C17H25NO. The first kappa shape index (κ1) is 14.3. The van der Waals surface area contributed by atoms with E-state index in [0.29, 0.717) is 0 Å². The van der Waals surface area contributed by atoms with Crippen LogP contribution < -0.4 is 0 Å². The number of nitrogens with zero attached hydrogens (tertiary/aromatic N) is 1. The molecule has 1 aromatic rings. The monoisotopic (exact) mass is 259 g/mol. The van der Waals surface area contributed by atoms with Gasteiger partial charge < -0.3 is 0 Å². The third-order valence-corrected chi connectivity index (χ3v) is 4.47. The first-order valence-electron chi connectivity index (χ1n) is 7.35. The third kappa shape index (κ3) is 2.74. The predicted octanol–water partition coefficient (Wildman–Crippen LogP) is 3.75. The Balaban J connectivity index is 2.34. The second-order valence-corrected chi connectivity index (χ2v) is 6.03. The minimum Gasteiger partial charge on any atom is -0.292 e. The second kappa shape index (κ2) is 5.46. The number of hydrogen-bond acceptors (Lipinski definition) is 2. The fourth-order valence-corrected chi connectivity index (χ4v) is 3.16. The Bertz CT molecular complexity index is 454. The van der Waals surface area contributed by atoms with Crippen molar-refractivity contribution in [1.82, 2.24) is 4.90 Å². The van der Waals surface area contributed by atoms with E-state index in [1.165, 1.54) is 24.0 Å². The maximum atomic E-state index is 12.9. The van der Waals surface area contributed by atoms with Gasteiger partial charge in [0.1, 0.15) is 0 Å². The van der Waals surface area contributed by atoms with Crippen LogP contribution in [0.5, 0.6) is 0 Å². The smallest absolute Gasteiger partial charge is 0.182 e. The van der Waals surface area contributed by atoms with Crippen LogP contribution in [0.1, 0.15) is 54.6 Å². The highest BCUT2D eigenvalue weighted by Crippen LogP contribution is 2.29. The molecule has 2 heteroatoms. The molecule has 0 aliphatic carbocycles. The zero-order chi connectivity index (χ0) is 14.0. The molecule has 104 valence electrons. The highest BCUT2D eigenvalue weighted by atomic mass is 16.1. The van der Waals surface area contributed by atoms with Crippen molar-refractivity contribution in [1.29, 1.82) is 0 Å². The molecule has 2 nitrogen and oxygen atoms in total. The highest BCUT2D eigenvalue weighted by Gasteiger charge is 2.39. The molecule has 0 N–H and O–H groups in total. The van der Waals surface area contributed by atoms with Gasteiger partial charge in [0.05, 0.1) is 5.54 Å². The molecule has 1 aliphatic rings. The van der Waals surface area contributed by atoms with Crippen LogP contribution in [0.3, 0.4) is 0 Å². The van der Waals surface area contributed by atoms with Crippen LogP contribution in [-0.4, -0.2) is 29.3 Å². The van der Waals surface area contributed by atoms with Crippen LogP contribution in [-0.2, 0) is 0 Å². The maximum Gasteiger partial charge on any atom is 0.182 e. The largest absolute Gasteiger partial charge is 0.292 e. The fraction of sp³-hybridized carbons (Fsp3) is 0.588. The molecule has 1 unspecified atom stereocenters. The molecular weight excluding hydrogens is 234 g/mol. The zero-order valence-electron chi connectivity index (χ0n) is 12.6. The zero-order valence-corrected chi connectivity index (χ0v) is 12.6. The SMILES string of the molecule is CCC(C)(C(=O)c1cc(C)cc(C)c1)N1CCCC1.